The van der Waals surface area contributed by atoms with Crippen LogP contribution in [-0.4, -0.2) is 12.6 Å². The van der Waals surface area contributed by atoms with E-state index >= 15 is 0 Å². The van der Waals surface area contributed by atoms with Crippen molar-refractivity contribution in [2.24, 2.45) is 0 Å². The summed E-state index contributed by atoms with van der Waals surface area (Å²) in [4.78, 5) is 0. The molecule has 2 aromatic carbocycles. The molecule has 0 spiro atoms. The minimum Gasteiger partial charge on any atom is -0.488 e. The Morgan fingerprint density at radius 2 is 1.90 bits per heavy atom. The van der Waals surface area contributed by atoms with Crippen molar-refractivity contribution in [3.63, 3.8) is 0 Å². The molecule has 0 saturated carbocycles. The van der Waals surface area contributed by atoms with E-state index in [1.54, 1.807) is 0 Å². The molecule has 0 radical (unpaired) electrons. The van der Waals surface area contributed by atoms with Crippen molar-refractivity contribution in [3.05, 3.63) is 56.5 Å². The van der Waals surface area contributed by atoms with Crippen molar-refractivity contribution in [1.29, 1.82) is 0 Å². The van der Waals surface area contributed by atoms with Crippen LogP contribution in [0.5, 0.6) is 5.75 Å². The smallest absolute Gasteiger partial charge is 0.123 e. The molecule has 0 amide bonds. The molecule has 21 heavy (non-hydrogen) atoms. The fourth-order valence-corrected chi connectivity index (χ4v) is 3.47. The Bertz CT molecular complexity index is 657. The van der Waals surface area contributed by atoms with E-state index in [4.69, 9.17) is 4.74 Å². The topological polar surface area (TPSA) is 21.3 Å². The van der Waals surface area contributed by atoms with Crippen LogP contribution in [0.15, 0.2) is 45.3 Å². The highest BCUT2D eigenvalue weighted by molar-refractivity contribution is 9.10. The van der Waals surface area contributed by atoms with Crippen LogP contribution in [0, 0.1) is 0 Å². The lowest BCUT2D eigenvalue weighted by atomic mass is 10.1. The van der Waals surface area contributed by atoms with Crippen LogP contribution < -0.4 is 10.1 Å². The number of hydrogen-bond acceptors (Lipinski definition) is 2. The molecule has 0 aliphatic carbocycles. The first kappa shape index (κ1) is 14.9. The molecule has 110 valence electrons. The van der Waals surface area contributed by atoms with Gasteiger partial charge in [-0.15, -0.1) is 0 Å². The third-order valence-electron chi connectivity index (χ3n) is 3.73. The summed E-state index contributed by atoms with van der Waals surface area (Å²) in [5, 5.41) is 3.53. The summed E-state index contributed by atoms with van der Waals surface area (Å²) >= 11 is 7.03. The molecule has 1 atom stereocenters. The highest BCUT2D eigenvalue weighted by Crippen LogP contribution is 2.31. The van der Waals surface area contributed by atoms with Gasteiger partial charge in [0.1, 0.15) is 11.9 Å². The lowest BCUT2D eigenvalue weighted by Crippen LogP contribution is -2.24. The molecule has 2 aromatic rings. The van der Waals surface area contributed by atoms with Crippen molar-refractivity contribution in [3.8, 4) is 5.75 Å². The largest absolute Gasteiger partial charge is 0.488 e. The summed E-state index contributed by atoms with van der Waals surface area (Å²) in [5.74, 6) is 1.01. The van der Waals surface area contributed by atoms with E-state index < -0.39 is 0 Å². The highest BCUT2D eigenvalue weighted by atomic mass is 79.9. The predicted molar refractivity (Wildman–Crippen MR) is 94.3 cm³/mol. The molecule has 0 saturated heterocycles. The average molecular weight is 411 g/mol. The van der Waals surface area contributed by atoms with E-state index in [1.165, 1.54) is 16.8 Å². The van der Waals surface area contributed by atoms with Crippen molar-refractivity contribution in [2.45, 2.75) is 25.9 Å². The van der Waals surface area contributed by atoms with Crippen LogP contribution in [0.4, 0.5) is 5.69 Å². The normalized spacial score (nSPS) is 16.4. The number of halogens is 2. The van der Waals surface area contributed by atoms with Gasteiger partial charge < -0.3 is 10.1 Å². The van der Waals surface area contributed by atoms with Crippen LogP contribution in [0.3, 0.4) is 0 Å². The van der Waals surface area contributed by atoms with E-state index in [-0.39, 0.29) is 6.10 Å². The van der Waals surface area contributed by atoms with Crippen molar-refractivity contribution in [1.82, 2.24) is 0 Å². The fourth-order valence-electron chi connectivity index (χ4n) is 2.65. The van der Waals surface area contributed by atoms with Gasteiger partial charge in [0, 0.05) is 21.1 Å². The maximum atomic E-state index is 5.99. The number of ether oxygens (including phenoxy) is 1. The first-order valence-electron chi connectivity index (χ1n) is 7.13. The van der Waals surface area contributed by atoms with Gasteiger partial charge in [-0.05, 0) is 53.9 Å². The van der Waals surface area contributed by atoms with Crippen molar-refractivity contribution in [2.75, 3.05) is 11.9 Å². The summed E-state index contributed by atoms with van der Waals surface area (Å²) in [6, 6.07) is 12.6. The second-order valence-electron chi connectivity index (χ2n) is 5.23. The van der Waals surface area contributed by atoms with E-state index in [0.29, 0.717) is 0 Å². The third kappa shape index (κ3) is 3.43. The molecule has 4 heteroatoms. The maximum Gasteiger partial charge on any atom is 0.123 e. The van der Waals surface area contributed by atoms with Crippen LogP contribution in [0.25, 0.3) is 0 Å². The van der Waals surface area contributed by atoms with Crippen LogP contribution >= 0.6 is 31.9 Å². The minimum atomic E-state index is 0.197. The van der Waals surface area contributed by atoms with Gasteiger partial charge in [0.2, 0.25) is 0 Å². The van der Waals surface area contributed by atoms with Gasteiger partial charge >= 0.3 is 0 Å². The third-order valence-corrected chi connectivity index (χ3v) is 4.72. The van der Waals surface area contributed by atoms with Crippen molar-refractivity contribution >= 4 is 37.5 Å². The van der Waals surface area contributed by atoms with Crippen molar-refractivity contribution < 1.29 is 4.74 Å². The van der Waals surface area contributed by atoms with Gasteiger partial charge in [-0.3, -0.25) is 0 Å². The number of hydrogen-bond donors (Lipinski definition) is 1. The maximum absolute atomic E-state index is 5.99. The Morgan fingerprint density at radius 3 is 2.71 bits per heavy atom. The summed E-state index contributed by atoms with van der Waals surface area (Å²) < 4.78 is 8.22. The minimum absolute atomic E-state index is 0.197. The second kappa shape index (κ2) is 6.41. The number of benzene rings is 2. The molecule has 1 heterocycles. The summed E-state index contributed by atoms with van der Waals surface area (Å²) in [6.07, 6.45) is 2.17. The Labute approximate surface area is 142 Å². The van der Waals surface area contributed by atoms with E-state index in [1.807, 2.05) is 12.1 Å². The molecular weight excluding hydrogens is 394 g/mol. The van der Waals surface area contributed by atoms with Gasteiger partial charge in [-0.1, -0.05) is 38.8 Å². The molecule has 0 bridgehead atoms. The quantitative estimate of drug-likeness (QED) is 0.748. The Morgan fingerprint density at radius 1 is 1.14 bits per heavy atom. The molecule has 3 rings (SSSR count). The zero-order valence-electron chi connectivity index (χ0n) is 11.8. The molecule has 2 nitrogen and oxygen atoms in total. The molecule has 1 aliphatic rings. The summed E-state index contributed by atoms with van der Waals surface area (Å²) in [5.41, 5.74) is 3.80. The van der Waals surface area contributed by atoms with Gasteiger partial charge in [0.25, 0.3) is 0 Å². The Balaban J connectivity index is 1.65. The predicted octanol–water partition coefficient (Wildman–Crippen LogP) is 5.19. The monoisotopic (exact) mass is 409 g/mol. The number of nitrogens with one attached hydrogen (secondary N) is 1. The van der Waals surface area contributed by atoms with Gasteiger partial charge in [0.05, 0.1) is 6.54 Å². The Hall–Kier alpha value is -1.00. The van der Waals surface area contributed by atoms with Gasteiger partial charge in [-0.25, -0.2) is 0 Å². The lowest BCUT2D eigenvalue weighted by Gasteiger charge is -2.15. The molecule has 0 fully saturated rings. The zero-order chi connectivity index (χ0) is 14.8. The van der Waals surface area contributed by atoms with E-state index in [9.17, 15) is 0 Å². The molecule has 1 aliphatic heterocycles. The number of aryl methyl sites for hydroxylation is 1. The van der Waals surface area contributed by atoms with Crippen LogP contribution in [0.1, 0.15) is 18.1 Å². The number of fused-ring (bicyclic) bond motifs is 1. The lowest BCUT2D eigenvalue weighted by molar-refractivity contribution is 0.246. The SMILES string of the molecule is CCc1cc(Br)ccc1NCC1Cc2cc(Br)ccc2O1. The summed E-state index contributed by atoms with van der Waals surface area (Å²) in [7, 11) is 0. The van der Waals surface area contributed by atoms with Crippen LogP contribution in [0.2, 0.25) is 0 Å². The number of anilines is 1. The Kier molecular flexibility index (Phi) is 4.55. The van der Waals surface area contributed by atoms with Gasteiger partial charge in [0.15, 0.2) is 0 Å². The molecular formula is C17H17Br2NO. The van der Waals surface area contributed by atoms with E-state index in [0.717, 1.165) is 34.1 Å². The molecule has 0 aromatic heterocycles. The molecule has 1 N–H and O–H groups in total. The molecule has 1 unspecified atom stereocenters. The highest BCUT2D eigenvalue weighted by Gasteiger charge is 2.22. The fraction of sp³-hybridized carbons (Fsp3) is 0.294. The van der Waals surface area contributed by atoms with Gasteiger partial charge in [-0.2, -0.15) is 0 Å². The average Bonchev–Trinajstić information content (AvgIpc) is 2.87. The number of rotatable bonds is 4. The van der Waals surface area contributed by atoms with Crippen LogP contribution in [-0.2, 0) is 12.8 Å². The second-order valence-corrected chi connectivity index (χ2v) is 7.06. The first-order valence-corrected chi connectivity index (χ1v) is 8.71. The summed E-state index contributed by atoms with van der Waals surface area (Å²) in [6.45, 7) is 2.99. The first-order chi connectivity index (χ1) is 10.2. The van der Waals surface area contributed by atoms with E-state index in [2.05, 4.69) is 68.4 Å². The zero-order valence-corrected chi connectivity index (χ0v) is 15.0. The standard InChI is InChI=1S/C17H17Br2NO/c1-2-11-7-13(18)3-5-16(11)20-10-15-9-12-8-14(19)4-6-17(12)21-15/h3-8,15,20H,2,9-10H2,1H3.